The minimum absolute atomic E-state index is 0. The van der Waals surface area contributed by atoms with Crippen LogP contribution in [-0.2, 0) is 19.2 Å². The number of carbonyl (C=O) groups is 4. The van der Waals surface area contributed by atoms with Gasteiger partial charge in [0, 0.05) is 23.9 Å². The molecule has 0 aliphatic carbocycles. The number of hydrogen-bond donors (Lipinski definition) is 0. The molecule has 0 aromatic heterocycles. The summed E-state index contributed by atoms with van der Waals surface area (Å²) in [5.41, 5.74) is 0. The van der Waals surface area contributed by atoms with E-state index in [-0.39, 0.29) is 53.0 Å². The number of aliphatic carboxylic acids is 4. The summed E-state index contributed by atoms with van der Waals surface area (Å²) >= 11 is 0. The molecule has 8 nitrogen and oxygen atoms in total. The number of hydrogen-bond acceptors (Lipinski definition) is 8. The van der Waals surface area contributed by atoms with Crippen LogP contribution in [0.4, 0.5) is 0 Å². The van der Waals surface area contributed by atoms with Crippen LogP contribution in [0.1, 0.15) is 362 Å². The minimum atomic E-state index is -0.905. The SMILES string of the molecule is CCCCCCCCCCCCCCC(=O)[O-].CCCCCCCCCCCCCCC(=O)[O-].CCCCCCCCCCCCCCC(=O)[O-].CCCCCCCCCCCCCCC(=O)[O-].[Pb+4]. The van der Waals surface area contributed by atoms with Crippen LogP contribution in [0.3, 0.4) is 0 Å². The zero-order chi connectivity index (χ0) is 51.1. The predicted molar refractivity (Wildman–Crippen MR) is 289 cm³/mol. The molecule has 0 aliphatic rings. The van der Waals surface area contributed by atoms with Gasteiger partial charge in [-0.3, -0.25) is 0 Å². The van der Waals surface area contributed by atoms with E-state index in [2.05, 4.69) is 27.7 Å². The normalized spacial score (nSPS) is 10.5. The zero-order valence-electron chi connectivity index (χ0n) is 46.5. The van der Waals surface area contributed by atoms with Crippen molar-refractivity contribution in [1.82, 2.24) is 0 Å². The second-order valence-corrected chi connectivity index (χ2v) is 20.0. The molecule has 0 fully saturated rings. The van der Waals surface area contributed by atoms with Crippen LogP contribution in [0.5, 0.6) is 0 Å². The van der Waals surface area contributed by atoms with Crippen LogP contribution >= 0.6 is 0 Å². The smallest absolute Gasteiger partial charge is 0.550 e. The number of unbranched alkanes of at least 4 members (excludes halogenated alkanes) is 44. The molecule has 0 aromatic rings. The first-order valence-electron chi connectivity index (χ1n) is 29.9. The maximum Gasteiger partial charge on any atom is 4.00 e. The molecule has 0 N–H and O–H groups in total. The summed E-state index contributed by atoms with van der Waals surface area (Å²) in [6, 6.07) is 0. The third-order valence-corrected chi connectivity index (χ3v) is 12.9. The van der Waals surface area contributed by atoms with Gasteiger partial charge < -0.3 is 39.6 Å². The van der Waals surface area contributed by atoms with E-state index in [1.165, 1.54) is 257 Å². The Morgan fingerprint density at radius 3 is 0.362 bits per heavy atom. The molecule has 69 heavy (non-hydrogen) atoms. The van der Waals surface area contributed by atoms with Crippen molar-refractivity contribution >= 4 is 51.2 Å². The molecule has 9 heteroatoms. The summed E-state index contributed by atoms with van der Waals surface area (Å²) < 4.78 is 0. The van der Waals surface area contributed by atoms with Crippen molar-refractivity contribution in [3.8, 4) is 0 Å². The Balaban J connectivity index is -0.000000263. The molecule has 0 unspecified atom stereocenters. The molecule has 0 spiro atoms. The van der Waals surface area contributed by atoms with Gasteiger partial charge in [-0.25, -0.2) is 0 Å². The maximum absolute atomic E-state index is 10.2. The second-order valence-electron chi connectivity index (χ2n) is 20.0. The number of rotatable bonds is 52. The van der Waals surface area contributed by atoms with Crippen molar-refractivity contribution in [1.29, 1.82) is 0 Å². The van der Waals surface area contributed by atoms with Crippen LogP contribution in [0.2, 0.25) is 0 Å². The number of carbonyl (C=O) groups excluding carboxylic acids is 4. The summed E-state index contributed by atoms with van der Waals surface area (Å²) in [6.07, 6.45) is 61.9. The summed E-state index contributed by atoms with van der Waals surface area (Å²) in [5, 5.41) is 40.7. The van der Waals surface area contributed by atoms with Crippen molar-refractivity contribution in [2.75, 3.05) is 0 Å². The Labute approximate surface area is 449 Å². The Morgan fingerprint density at radius 2 is 0.275 bits per heavy atom. The Bertz CT molecular complexity index is 825. The fourth-order valence-corrected chi connectivity index (χ4v) is 8.44. The largest absolute Gasteiger partial charge is 4.00 e. The van der Waals surface area contributed by atoms with Crippen LogP contribution < -0.4 is 20.4 Å². The van der Waals surface area contributed by atoms with E-state index in [1.807, 2.05) is 0 Å². The van der Waals surface area contributed by atoms with Crippen LogP contribution in [0.25, 0.3) is 0 Å². The average Bonchev–Trinajstić information content (AvgIpc) is 3.30. The van der Waals surface area contributed by atoms with Gasteiger partial charge in [0.05, 0.1) is 0 Å². The van der Waals surface area contributed by atoms with Gasteiger partial charge in [-0.05, 0) is 51.4 Å². The third-order valence-electron chi connectivity index (χ3n) is 12.9. The van der Waals surface area contributed by atoms with Gasteiger partial charge in [0.2, 0.25) is 0 Å². The van der Waals surface area contributed by atoms with Crippen LogP contribution in [-0.4, -0.2) is 51.2 Å². The number of carboxylic acids is 4. The van der Waals surface area contributed by atoms with Gasteiger partial charge in [-0.1, -0.05) is 310 Å². The fraction of sp³-hybridized carbons (Fsp3) is 0.933. The van der Waals surface area contributed by atoms with Gasteiger partial charge >= 0.3 is 27.3 Å². The van der Waals surface area contributed by atoms with E-state index in [1.54, 1.807) is 0 Å². The van der Waals surface area contributed by atoms with E-state index in [0.717, 1.165) is 51.4 Å². The standard InChI is InChI=1S/4C15H30O2.Pb/c4*1-2-3-4-5-6-7-8-9-10-11-12-13-14-15(16)17;/h4*2-14H2,1H3,(H,16,17);/q;;;;+4/p-4. The van der Waals surface area contributed by atoms with E-state index in [9.17, 15) is 39.6 Å². The molecule has 0 heterocycles. The minimum Gasteiger partial charge on any atom is -0.550 e. The molecule has 0 bridgehead atoms. The maximum atomic E-state index is 10.2. The second kappa shape index (κ2) is 73.3. The molecule has 0 aliphatic heterocycles. The zero-order valence-corrected chi connectivity index (χ0v) is 50.4. The van der Waals surface area contributed by atoms with E-state index in [0.29, 0.717) is 0 Å². The van der Waals surface area contributed by atoms with E-state index >= 15 is 0 Å². The first-order chi connectivity index (χ1) is 33.1. The van der Waals surface area contributed by atoms with Gasteiger partial charge in [0.25, 0.3) is 0 Å². The van der Waals surface area contributed by atoms with Crippen molar-refractivity contribution in [2.24, 2.45) is 0 Å². The molecular weight excluding hydrogens is 1060 g/mol. The fourth-order valence-electron chi connectivity index (χ4n) is 8.44. The predicted octanol–water partition coefficient (Wildman–Crippen LogP) is 14.9. The molecule has 408 valence electrons. The Kier molecular flexibility index (Phi) is 81.5. The number of carboxylic acid groups (broad SMARTS) is 4. The van der Waals surface area contributed by atoms with Gasteiger partial charge in [0.1, 0.15) is 0 Å². The topological polar surface area (TPSA) is 161 Å². The molecule has 0 saturated carbocycles. The van der Waals surface area contributed by atoms with E-state index in [4.69, 9.17) is 0 Å². The molecule has 0 aromatic carbocycles. The van der Waals surface area contributed by atoms with Crippen molar-refractivity contribution < 1.29 is 39.6 Å². The molecule has 0 atom stereocenters. The van der Waals surface area contributed by atoms with E-state index < -0.39 is 23.9 Å². The first kappa shape index (κ1) is 76.7. The average molecular weight is 1170 g/mol. The third kappa shape index (κ3) is 93.4. The summed E-state index contributed by atoms with van der Waals surface area (Å²) in [4.78, 5) is 40.7. The molecular formula is C60H116O8Pb. The van der Waals surface area contributed by atoms with Gasteiger partial charge in [-0.15, -0.1) is 0 Å². The summed E-state index contributed by atoms with van der Waals surface area (Å²) in [5.74, 6) is -3.62. The quantitative estimate of drug-likeness (QED) is 0.0430. The first-order valence-corrected chi connectivity index (χ1v) is 29.9. The Morgan fingerprint density at radius 1 is 0.188 bits per heavy atom. The Hall–Kier alpha value is -1.20. The molecule has 0 radical (unpaired) electrons. The molecule has 0 saturated heterocycles. The van der Waals surface area contributed by atoms with Crippen LogP contribution in [0.15, 0.2) is 0 Å². The molecule has 0 amide bonds. The van der Waals surface area contributed by atoms with Crippen molar-refractivity contribution in [2.45, 2.75) is 362 Å². The monoisotopic (exact) mass is 1170 g/mol. The van der Waals surface area contributed by atoms with Crippen molar-refractivity contribution in [3.63, 3.8) is 0 Å². The summed E-state index contributed by atoms with van der Waals surface area (Å²) in [7, 11) is 0. The summed E-state index contributed by atoms with van der Waals surface area (Å²) in [6.45, 7) is 9.00. The van der Waals surface area contributed by atoms with Gasteiger partial charge in [-0.2, -0.15) is 0 Å². The van der Waals surface area contributed by atoms with Crippen molar-refractivity contribution in [3.05, 3.63) is 0 Å². The molecule has 0 rings (SSSR count). The van der Waals surface area contributed by atoms with Gasteiger partial charge in [0.15, 0.2) is 0 Å². The van der Waals surface area contributed by atoms with Crippen LogP contribution in [0, 0.1) is 0 Å².